The molecule has 0 amide bonds. The number of rotatable bonds is 9. The largest absolute Gasteiger partial charge is 0.456 e. The summed E-state index contributed by atoms with van der Waals surface area (Å²) in [6.45, 7) is 0. The molecule has 0 fully saturated rings. The van der Waals surface area contributed by atoms with Crippen LogP contribution in [0.1, 0.15) is 0 Å². The normalized spacial score (nSPS) is 11.9. The van der Waals surface area contributed by atoms with Crippen molar-refractivity contribution < 1.29 is 13.3 Å². The van der Waals surface area contributed by atoms with Gasteiger partial charge in [0.15, 0.2) is 0 Å². The Bertz CT molecular complexity index is 5330. The molecule has 83 heavy (non-hydrogen) atoms. The van der Waals surface area contributed by atoms with Crippen LogP contribution in [0.3, 0.4) is 0 Å². The van der Waals surface area contributed by atoms with Gasteiger partial charge in [-0.3, -0.25) is 0 Å². The highest BCUT2D eigenvalue weighted by atomic mass is 16.3. The van der Waals surface area contributed by atoms with Gasteiger partial charge in [-0.1, -0.05) is 176 Å². The molecule has 0 unspecified atom stereocenters. The van der Waals surface area contributed by atoms with Gasteiger partial charge < -0.3 is 22.7 Å². The smallest absolute Gasteiger partial charge is 0.143 e. The van der Waals surface area contributed by atoms with E-state index in [9.17, 15) is 0 Å². The summed E-state index contributed by atoms with van der Waals surface area (Å²) in [6, 6.07) is 104. The van der Waals surface area contributed by atoms with Crippen molar-refractivity contribution in [3.05, 3.63) is 291 Å². The Kier molecular flexibility index (Phi) is 10.6. The summed E-state index contributed by atoms with van der Waals surface area (Å²) in [7, 11) is 0. The molecule has 17 rings (SSSR count). The molecule has 388 valence electrons. The van der Waals surface area contributed by atoms with E-state index < -0.39 is 0 Å². The number of hydrogen-bond donors (Lipinski definition) is 0. The van der Waals surface area contributed by atoms with Crippen LogP contribution in [0.4, 0.5) is 17.1 Å². The van der Waals surface area contributed by atoms with Gasteiger partial charge in [0.2, 0.25) is 0 Å². The number of fused-ring (bicyclic) bond motifs is 12. The van der Waals surface area contributed by atoms with Gasteiger partial charge in [-0.25, -0.2) is 0 Å². The van der Waals surface area contributed by atoms with Crippen molar-refractivity contribution in [1.29, 1.82) is 0 Å². The fraction of sp³-hybridized carbons (Fsp3) is 0. The summed E-state index contributed by atoms with van der Waals surface area (Å²) < 4.78 is 21.5. The summed E-state index contributed by atoms with van der Waals surface area (Å²) in [5.41, 5.74) is 23.2. The molecule has 0 saturated heterocycles. The molecular weight excluding hydrogens is 1010 g/mol. The average Bonchev–Trinajstić information content (AvgIpc) is 3.21. The summed E-state index contributed by atoms with van der Waals surface area (Å²) in [5.74, 6) is 0. The fourth-order valence-corrected chi connectivity index (χ4v) is 12.8. The van der Waals surface area contributed by atoms with Crippen molar-refractivity contribution in [2.75, 3.05) is 4.90 Å². The first-order valence-corrected chi connectivity index (χ1v) is 28.2. The first kappa shape index (κ1) is 46.7. The maximum atomic E-state index is 6.47. The Balaban J connectivity index is 0.724. The van der Waals surface area contributed by atoms with Crippen LogP contribution in [-0.4, -0.2) is 4.57 Å². The van der Waals surface area contributed by atoms with Crippen LogP contribution in [-0.2, 0) is 0 Å². The second-order valence-corrected chi connectivity index (χ2v) is 21.6. The maximum Gasteiger partial charge on any atom is 0.143 e. The Morgan fingerprint density at radius 1 is 0.229 bits per heavy atom. The second kappa shape index (κ2) is 18.7. The van der Waals surface area contributed by atoms with Crippen LogP contribution < -0.4 is 4.90 Å². The van der Waals surface area contributed by atoms with E-state index >= 15 is 0 Å². The molecule has 0 N–H and O–H groups in total. The Morgan fingerprint density at radius 3 is 1.16 bits per heavy atom. The molecule has 4 aromatic heterocycles. The first-order chi connectivity index (χ1) is 41.1. The quantitative estimate of drug-likeness (QED) is 0.145. The van der Waals surface area contributed by atoms with E-state index in [-0.39, 0.29) is 0 Å². The average molecular weight is 1060 g/mol. The monoisotopic (exact) mass is 1060 g/mol. The van der Waals surface area contributed by atoms with Crippen molar-refractivity contribution in [3.63, 3.8) is 0 Å². The number of aromatic nitrogens is 1. The van der Waals surface area contributed by atoms with E-state index in [1.807, 2.05) is 24.3 Å². The van der Waals surface area contributed by atoms with Crippen molar-refractivity contribution >= 4 is 105 Å². The molecule has 0 saturated carbocycles. The van der Waals surface area contributed by atoms with Crippen molar-refractivity contribution in [3.8, 4) is 61.3 Å². The van der Waals surface area contributed by atoms with E-state index in [0.717, 1.165) is 144 Å². The van der Waals surface area contributed by atoms with Crippen LogP contribution in [0.25, 0.3) is 149 Å². The van der Waals surface area contributed by atoms with Crippen molar-refractivity contribution in [2.24, 2.45) is 0 Å². The minimum Gasteiger partial charge on any atom is -0.456 e. The molecule has 0 spiro atoms. The molecule has 5 nitrogen and oxygen atoms in total. The van der Waals surface area contributed by atoms with Crippen molar-refractivity contribution in [1.82, 2.24) is 4.57 Å². The van der Waals surface area contributed by atoms with Gasteiger partial charge in [0.25, 0.3) is 0 Å². The van der Waals surface area contributed by atoms with E-state index in [4.69, 9.17) is 13.3 Å². The molecule has 0 aliphatic carbocycles. The lowest BCUT2D eigenvalue weighted by atomic mass is 9.97. The van der Waals surface area contributed by atoms with Crippen LogP contribution >= 0.6 is 0 Å². The second-order valence-electron chi connectivity index (χ2n) is 21.6. The highest BCUT2D eigenvalue weighted by molar-refractivity contribution is 6.12. The minimum atomic E-state index is 0.862. The lowest BCUT2D eigenvalue weighted by molar-refractivity contribution is 0.668. The van der Waals surface area contributed by atoms with Crippen molar-refractivity contribution in [2.45, 2.75) is 0 Å². The maximum absolute atomic E-state index is 6.47. The topological polar surface area (TPSA) is 47.6 Å². The van der Waals surface area contributed by atoms with E-state index in [1.165, 1.54) is 21.8 Å². The third-order valence-corrected chi connectivity index (χ3v) is 16.8. The van der Waals surface area contributed by atoms with E-state index in [1.54, 1.807) is 0 Å². The summed E-state index contributed by atoms with van der Waals surface area (Å²) in [5, 5.41) is 9.15. The Morgan fingerprint density at radius 2 is 0.602 bits per heavy atom. The highest BCUT2D eigenvalue weighted by Crippen LogP contribution is 2.43. The van der Waals surface area contributed by atoms with E-state index in [0.29, 0.717) is 0 Å². The van der Waals surface area contributed by atoms with Gasteiger partial charge in [0.1, 0.15) is 33.5 Å². The fourth-order valence-electron chi connectivity index (χ4n) is 12.8. The molecule has 0 bridgehead atoms. The molecule has 0 aliphatic rings. The number of para-hydroxylation sites is 5. The summed E-state index contributed by atoms with van der Waals surface area (Å²) in [4.78, 5) is 2.35. The van der Waals surface area contributed by atoms with Gasteiger partial charge in [-0.05, 0) is 165 Å². The summed E-state index contributed by atoms with van der Waals surface area (Å²) >= 11 is 0. The van der Waals surface area contributed by atoms with Crippen LogP contribution in [0.5, 0.6) is 0 Å². The number of nitrogens with zero attached hydrogens (tertiary/aromatic N) is 2. The zero-order valence-electron chi connectivity index (χ0n) is 44.8. The number of furan rings is 3. The predicted octanol–water partition coefficient (Wildman–Crippen LogP) is 22.3. The number of anilines is 3. The standard InChI is InChI=1S/C78H48N2O3/c1-5-22-71-63(16-1)64-17-2-6-23-72(64)80(71)61-15-10-13-53(45-61)50-28-37-59(38-29-50)79(58-35-26-49(27-36-58)52-12-9-14-57(44-52)62-20-11-21-67-65-18-3-8-25-74(65)83-78(62)67)60-39-30-51(31-40-60)54-32-41-76-69(46-54)70-48-56(34-43-77(70)82-76)55-33-42-75-68(47-55)66-19-4-7-24-73(66)81-75/h1-48H. The molecule has 4 heterocycles. The van der Waals surface area contributed by atoms with Gasteiger partial charge >= 0.3 is 0 Å². The highest BCUT2D eigenvalue weighted by Gasteiger charge is 2.19. The van der Waals surface area contributed by atoms with Crippen LogP contribution in [0.15, 0.2) is 304 Å². The third kappa shape index (κ3) is 7.78. The molecular formula is C78H48N2O3. The summed E-state index contributed by atoms with van der Waals surface area (Å²) in [6.07, 6.45) is 0. The first-order valence-electron chi connectivity index (χ1n) is 28.2. The third-order valence-electron chi connectivity index (χ3n) is 16.8. The zero-order valence-corrected chi connectivity index (χ0v) is 44.8. The number of benzene rings is 13. The lowest BCUT2D eigenvalue weighted by Gasteiger charge is -2.26. The molecule has 5 heteroatoms. The predicted molar refractivity (Wildman–Crippen MR) is 344 cm³/mol. The zero-order chi connectivity index (χ0) is 54.5. The molecule has 0 aliphatic heterocycles. The van der Waals surface area contributed by atoms with Gasteiger partial charge in [-0.15, -0.1) is 0 Å². The van der Waals surface area contributed by atoms with Crippen LogP contribution in [0.2, 0.25) is 0 Å². The molecule has 13 aromatic carbocycles. The molecule has 0 atom stereocenters. The lowest BCUT2D eigenvalue weighted by Crippen LogP contribution is -2.09. The molecule has 0 radical (unpaired) electrons. The van der Waals surface area contributed by atoms with Crippen LogP contribution in [0, 0.1) is 0 Å². The SMILES string of the molecule is c1cc(-c2ccc(N(c3ccc(-c4cccc(-n5c6ccccc6c6ccccc65)c4)cc3)c3ccc(-c4ccc5oc6ccc(-c7ccc8oc9ccccc9c8c7)cc6c5c4)cc3)cc2)cc(-c2cccc3c2oc2ccccc23)c1. The van der Waals surface area contributed by atoms with Gasteiger partial charge in [0.05, 0.1) is 11.0 Å². The minimum absolute atomic E-state index is 0.862. The van der Waals surface area contributed by atoms with Gasteiger partial charge in [0, 0.05) is 71.4 Å². The Labute approximate surface area is 477 Å². The Hall–Kier alpha value is -11.1. The molecule has 17 aromatic rings. The van der Waals surface area contributed by atoms with Gasteiger partial charge in [-0.2, -0.15) is 0 Å². The van der Waals surface area contributed by atoms with E-state index in [2.05, 4.69) is 276 Å². The number of hydrogen-bond acceptors (Lipinski definition) is 4.